The van der Waals surface area contributed by atoms with Crippen LogP contribution in [-0.4, -0.2) is 43.9 Å². The van der Waals surface area contributed by atoms with Crippen LogP contribution in [0, 0.1) is 0 Å². The molecule has 0 aliphatic rings. The average Bonchev–Trinajstić information content (AvgIpc) is 2.80. The first-order valence-corrected chi connectivity index (χ1v) is 9.58. The van der Waals surface area contributed by atoms with E-state index in [-0.39, 0.29) is 18.4 Å². The quantitative estimate of drug-likeness (QED) is 0.642. The second kappa shape index (κ2) is 9.98. The van der Waals surface area contributed by atoms with E-state index < -0.39 is 17.4 Å². The predicted octanol–water partition coefficient (Wildman–Crippen LogP) is 2.94. The first-order valence-electron chi connectivity index (χ1n) is 9.58. The van der Waals surface area contributed by atoms with Crippen molar-refractivity contribution in [1.82, 2.24) is 5.43 Å². The van der Waals surface area contributed by atoms with E-state index >= 15 is 0 Å². The molecular formula is C22H28N2O6. The fraction of sp³-hybridized carbons (Fsp3) is 0.364. The van der Waals surface area contributed by atoms with Crippen molar-refractivity contribution >= 4 is 17.5 Å². The Hall–Kier alpha value is -3.26. The van der Waals surface area contributed by atoms with E-state index in [1.807, 2.05) is 0 Å². The Labute approximate surface area is 176 Å². The van der Waals surface area contributed by atoms with Gasteiger partial charge in [-0.3, -0.25) is 15.0 Å². The number of carbonyl (C=O) groups excluding carboxylic acids is 2. The van der Waals surface area contributed by atoms with E-state index in [2.05, 4.69) is 5.43 Å². The van der Waals surface area contributed by atoms with Crippen LogP contribution in [0.5, 0.6) is 17.2 Å². The topological polar surface area (TPSA) is 97.3 Å². The number of hydrazine groups is 1. The van der Waals surface area contributed by atoms with E-state index in [0.717, 1.165) is 5.01 Å². The number of amides is 2. The molecule has 0 radical (unpaired) electrons. The van der Waals surface area contributed by atoms with Crippen LogP contribution in [0.2, 0.25) is 0 Å². The van der Waals surface area contributed by atoms with Crippen molar-refractivity contribution in [3.63, 3.8) is 0 Å². The number of benzene rings is 2. The van der Waals surface area contributed by atoms with Gasteiger partial charge in [-0.1, -0.05) is 32.0 Å². The molecule has 0 aliphatic heterocycles. The molecule has 2 aromatic carbocycles. The Bertz CT molecular complexity index is 855. The summed E-state index contributed by atoms with van der Waals surface area (Å²) in [6.07, 6.45) is 0.409. The Balaban J connectivity index is 2.52. The SMILES string of the molecule is CCC(O)(CC)C(=O)NN(C(=O)c1cc(OC)c(OC)c(OC)c1)c1ccccc1. The highest BCUT2D eigenvalue weighted by molar-refractivity contribution is 6.08. The maximum Gasteiger partial charge on any atom is 0.277 e. The first kappa shape index (κ1) is 23.0. The van der Waals surface area contributed by atoms with Gasteiger partial charge >= 0.3 is 0 Å². The third kappa shape index (κ3) is 4.65. The van der Waals surface area contributed by atoms with Gasteiger partial charge in [0.15, 0.2) is 11.5 Å². The van der Waals surface area contributed by atoms with Crippen molar-refractivity contribution in [1.29, 1.82) is 0 Å². The molecule has 162 valence electrons. The molecule has 0 aliphatic carbocycles. The van der Waals surface area contributed by atoms with Crippen molar-refractivity contribution in [2.75, 3.05) is 26.3 Å². The molecule has 8 nitrogen and oxygen atoms in total. The van der Waals surface area contributed by atoms with E-state index in [1.165, 1.54) is 33.5 Å². The zero-order chi connectivity index (χ0) is 22.3. The van der Waals surface area contributed by atoms with Gasteiger partial charge in [-0.15, -0.1) is 0 Å². The van der Waals surface area contributed by atoms with E-state index in [1.54, 1.807) is 44.2 Å². The van der Waals surface area contributed by atoms with Crippen LogP contribution in [-0.2, 0) is 4.79 Å². The molecule has 2 amide bonds. The van der Waals surface area contributed by atoms with Crippen LogP contribution in [0.4, 0.5) is 5.69 Å². The van der Waals surface area contributed by atoms with Crippen LogP contribution in [0.1, 0.15) is 37.0 Å². The molecule has 2 N–H and O–H groups in total. The number of nitrogens with one attached hydrogen (secondary N) is 1. The molecule has 30 heavy (non-hydrogen) atoms. The number of aliphatic hydroxyl groups is 1. The number of nitrogens with zero attached hydrogens (tertiary/aromatic N) is 1. The van der Waals surface area contributed by atoms with Gasteiger partial charge in [0, 0.05) is 5.56 Å². The molecule has 0 bridgehead atoms. The van der Waals surface area contributed by atoms with Crippen LogP contribution in [0.3, 0.4) is 0 Å². The summed E-state index contributed by atoms with van der Waals surface area (Å²) >= 11 is 0. The van der Waals surface area contributed by atoms with Crippen molar-refractivity contribution < 1.29 is 28.9 Å². The molecule has 8 heteroatoms. The number of methoxy groups -OCH3 is 3. The first-order chi connectivity index (χ1) is 14.3. The van der Waals surface area contributed by atoms with Crippen LogP contribution >= 0.6 is 0 Å². The van der Waals surface area contributed by atoms with Crippen LogP contribution in [0.15, 0.2) is 42.5 Å². The van der Waals surface area contributed by atoms with E-state index in [4.69, 9.17) is 14.2 Å². The molecule has 0 heterocycles. The molecular weight excluding hydrogens is 388 g/mol. The van der Waals surface area contributed by atoms with Gasteiger partial charge in [0.2, 0.25) is 5.75 Å². The highest BCUT2D eigenvalue weighted by Gasteiger charge is 2.35. The van der Waals surface area contributed by atoms with Gasteiger partial charge in [-0.05, 0) is 37.1 Å². The fourth-order valence-electron chi connectivity index (χ4n) is 2.92. The van der Waals surface area contributed by atoms with E-state index in [9.17, 15) is 14.7 Å². The van der Waals surface area contributed by atoms with Crippen molar-refractivity contribution in [3.05, 3.63) is 48.0 Å². The number of rotatable bonds is 8. The normalized spacial score (nSPS) is 10.9. The van der Waals surface area contributed by atoms with Gasteiger partial charge in [-0.25, -0.2) is 5.01 Å². The minimum atomic E-state index is -1.59. The summed E-state index contributed by atoms with van der Waals surface area (Å²) in [5.41, 5.74) is 1.59. The second-order valence-electron chi connectivity index (χ2n) is 6.57. The number of ether oxygens (including phenoxy) is 3. The largest absolute Gasteiger partial charge is 0.493 e. The summed E-state index contributed by atoms with van der Waals surface area (Å²) in [6.45, 7) is 3.41. The van der Waals surface area contributed by atoms with Crippen molar-refractivity contribution in [2.24, 2.45) is 0 Å². The van der Waals surface area contributed by atoms with Crippen molar-refractivity contribution in [2.45, 2.75) is 32.3 Å². The summed E-state index contributed by atoms with van der Waals surface area (Å²) in [5, 5.41) is 11.7. The van der Waals surface area contributed by atoms with Gasteiger partial charge in [0.1, 0.15) is 5.60 Å². The highest BCUT2D eigenvalue weighted by Crippen LogP contribution is 2.38. The third-order valence-corrected chi connectivity index (χ3v) is 4.93. The summed E-state index contributed by atoms with van der Waals surface area (Å²) in [5.74, 6) is -0.255. The summed E-state index contributed by atoms with van der Waals surface area (Å²) in [6, 6.07) is 11.6. The lowest BCUT2D eigenvalue weighted by atomic mass is 9.97. The molecule has 0 fully saturated rings. The summed E-state index contributed by atoms with van der Waals surface area (Å²) in [7, 11) is 4.37. The summed E-state index contributed by atoms with van der Waals surface area (Å²) in [4.78, 5) is 26.2. The Morgan fingerprint density at radius 3 is 1.93 bits per heavy atom. The van der Waals surface area contributed by atoms with E-state index in [0.29, 0.717) is 22.9 Å². The highest BCUT2D eigenvalue weighted by atomic mass is 16.5. The molecule has 0 atom stereocenters. The molecule has 0 spiro atoms. The molecule has 0 aromatic heterocycles. The number of hydrogen-bond acceptors (Lipinski definition) is 6. The molecule has 2 rings (SSSR count). The lowest BCUT2D eigenvalue weighted by molar-refractivity contribution is -0.140. The molecule has 0 unspecified atom stereocenters. The zero-order valence-electron chi connectivity index (χ0n) is 17.9. The maximum atomic E-state index is 13.4. The second-order valence-corrected chi connectivity index (χ2v) is 6.57. The Kier molecular flexibility index (Phi) is 7.66. The van der Waals surface area contributed by atoms with Crippen LogP contribution < -0.4 is 24.6 Å². The summed E-state index contributed by atoms with van der Waals surface area (Å²) < 4.78 is 15.9. The van der Waals surface area contributed by atoms with Crippen molar-refractivity contribution in [3.8, 4) is 17.2 Å². The number of para-hydroxylation sites is 1. The zero-order valence-corrected chi connectivity index (χ0v) is 17.9. The van der Waals surface area contributed by atoms with Crippen LogP contribution in [0.25, 0.3) is 0 Å². The lowest BCUT2D eigenvalue weighted by Crippen LogP contribution is -2.55. The van der Waals surface area contributed by atoms with Gasteiger partial charge in [-0.2, -0.15) is 0 Å². The molecule has 0 saturated heterocycles. The maximum absolute atomic E-state index is 13.4. The number of carbonyl (C=O) groups is 2. The van der Waals surface area contributed by atoms with Gasteiger partial charge in [0.05, 0.1) is 27.0 Å². The number of hydrogen-bond donors (Lipinski definition) is 2. The lowest BCUT2D eigenvalue weighted by Gasteiger charge is -2.30. The minimum Gasteiger partial charge on any atom is -0.493 e. The standard InChI is InChI=1S/C22H28N2O6/c1-6-22(27,7-2)21(26)23-24(16-11-9-8-10-12-16)20(25)15-13-17(28-3)19(30-5)18(14-15)29-4/h8-14,27H,6-7H2,1-5H3,(H,23,26). The molecule has 2 aromatic rings. The fourth-order valence-corrected chi connectivity index (χ4v) is 2.92. The van der Waals surface area contributed by atoms with Gasteiger partial charge < -0.3 is 19.3 Å². The smallest absolute Gasteiger partial charge is 0.277 e. The third-order valence-electron chi connectivity index (χ3n) is 4.93. The predicted molar refractivity (Wildman–Crippen MR) is 113 cm³/mol. The Morgan fingerprint density at radius 1 is 0.967 bits per heavy atom. The monoisotopic (exact) mass is 416 g/mol. The Morgan fingerprint density at radius 2 is 1.50 bits per heavy atom. The molecule has 0 saturated carbocycles. The average molecular weight is 416 g/mol. The van der Waals surface area contributed by atoms with Gasteiger partial charge in [0.25, 0.3) is 11.8 Å². The minimum absolute atomic E-state index is 0.199. The number of anilines is 1.